The number of rotatable bonds is 8. The van der Waals surface area contributed by atoms with Crippen LogP contribution < -0.4 is 10.5 Å². The molecule has 0 aliphatic carbocycles. The quantitative estimate of drug-likeness (QED) is 0.321. The first-order chi connectivity index (χ1) is 11.5. The first-order valence-electron chi connectivity index (χ1n) is 8.19. The number of thioether (sulfide) groups is 1. The minimum Gasteiger partial charge on any atom is -0.494 e. The number of nitrogens with one attached hydrogen (secondary N) is 1. The summed E-state index contributed by atoms with van der Waals surface area (Å²) in [6.07, 6.45) is 4.47. The summed E-state index contributed by atoms with van der Waals surface area (Å²) in [6, 6.07) is 12.4. The third-order valence-electron chi connectivity index (χ3n) is 4.23. The van der Waals surface area contributed by atoms with Gasteiger partial charge in [-0.2, -0.15) is 0 Å². The molecule has 0 aliphatic rings. The van der Waals surface area contributed by atoms with Crippen LogP contribution in [0.2, 0.25) is 0 Å². The van der Waals surface area contributed by atoms with Gasteiger partial charge in [0.2, 0.25) is 0 Å². The molecule has 0 aliphatic heterocycles. The highest BCUT2D eigenvalue weighted by Crippen LogP contribution is 2.22. The number of hydrogen-bond acceptors (Lipinski definition) is 3. The molecule has 0 unspecified atom stereocenters. The summed E-state index contributed by atoms with van der Waals surface area (Å²) in [4.78, 5) is 1.21. The molecule has 0 bridgehead atoms. The molecule has 128 valence electrons. The number of amidine groups is 1. The van der Waals surface area contributed by atoms with E-state index in [2.05, 4.69) is 44.4 Å². The van der Waals surface area contributed by atoms with Gasteiger partial charge < -0.3 is 10.5 Å². The molecule has 0 fully saturated rings. The molecule has 0 saturated heterocycles. The first-order valence-corrected chi connectivity index (χ1v) is 9.41. The normalized spacial score (nSPS) is 10.6. The van der Waals surface area contributed by atoms with Crippen LogP contribution >= 0.6 is 11.8 Å². The van der Waals surface area contributed by atoms with Crippen LogP contribution in [0.5, 0.6) is 5.75 Å². The van der Waals surface area contributed by atoms with Crippen molar-refractivity contribution in [2.45, 2.75) is 38.0 Å². The fourth-order valence-electron chi connectivity index (χ4n) is 2.78. The predicted octanol–water partition coefficient (Wildman–Crippen LogP) is 4.52. The molecule has 2 aromatic carbocycles. The minimum absolute atomic E-state index is 0.213. The van der Waals surface area contributed by atoms with Crippen LogP contribution in [0.1, 0.15) is 28.7 Å². The average molecular weight is 343 g/mol. The molecule has 4 heteroatoms. The highest BCUT2D eigenvalue weighted by Gasteiger charge is 2.09. The van der Waals surface area contributed by atoms with Crippen LogP contribution in [-0.4, -0.2) is 18.7 Å². The van der Waals surface area contributed by atoms with Crippen LogP contribution in [-0.2, 0) is 12.8 Å². The van der Waals surface area contributed by atoms with E-state index >= 15 is 0 Å². The second-order valence-corrected chi connectivity index (χ2v) is 6.86. The second kappa shape index (κ2) is 8.78. The zero-order valence-electron chi connectivity index (χ0n) is 14.7. The molecule has 0 radical (unpaired) electrons. The van der Waals surface area contributed by atoms with Gasteiger partial charge in [-0.25, -0.2) is 0 Å². The Bertz CT molecular complexity index is 713. The van der Waals surface area contributed by atoms with Crippen molar-refractivity contribution in [1.29, 1.82) is 5.41 Å². The molecule has 3 N–H and O–H groups in total. The van der Waals surface area contributed by atoms with E-state index in [-0.39, 0.29) is 5.84 Å². The Morgan fingerprint density at radius 2 is 2.00 bits per heavy atom. The summed E-state index contributed by atoms with van der Waals surface area (Å²) in [5.41, 5.74) is 10.7. The highest BCUT2D eigenvalue weighted by molar-refractivity contribution is 7.98. The zero-order valence-corrected chi connectivity index (χ0v) is 15.5. The van der Waals surface area contributed by atoms with Gasteiger partial charge in [0.15, 0.2) is 0 Å². The van der Waals surface area contributed by atoms with Crippen molar-refractivity contribution in [1.82, 2.24) is 0 Å². The van der Waals surface area contributed by atoms with Gasteiger partial charge in [0.1, 0.15) is 5.75 Å². The standard InChI is InChI=1S/C20H26N2OS/c1-14-9-10-16(12-20(21)22)19(15(14)2)8-5-11-23-17-6-4-7-18(13-17)24-3/h4,6-7,9-10,13H,5,8,11-12H2,1-3H3,(H3,21,22). The molecule has 0 heterocycles. The average Bonchev–Trinajstić information content (AvgIpc) is 2.57. The van der Waals surface area contributed by atoms with Crippen molar-refractivity contribution in [3.05, 3.63) is 58.7 Å². The smallest absolute Gasteiger partial charge is 0.120 e. The molecule has 0 spiro atoms. The van der Waals surface area contributed by atoms with Crippen LogP contribution in [0.25, 0.3) is 0 Å². The second-order valence-electron chi connectivity index (χ2n) is 5.98. The van der Waals surface area contributed by atoms with Gasteiger partial charge in [-0.1, -0.05) is 18.2 Å². The van der Waals surface area contributed by atoms with E-state index in [1.165, 1.54) is 21.6 Å². The van der Waals surface area contributed by atoms with E-state index in [1.807, 2.05) is 12.1 Å². The molecule has 0 atom stereocenters. The van der Waals surface area contributed by atoms with Gasteiger partial charge in [0.25, 0.3) is 0 Å². The maximum atomic E-state index is 7.57. The molecular formula is C20H26N2OS. The van der Waals surface area contributed by atoms with Crippen molar-refractivity contribution in [2.75, 3.05) is 12.9 Å². The number of nitrogens with two attached hydrogens (primary N) is 1. The Labute approximate surface area is 149 Å². The largest absolute Gasteiger partial charge is 0.494 e. The third-order valence-corrected chi connectivity index (χ3v) is 4.95. The van der Waals surface area contributed by atoms with Gasteiger partial charge >= 0.3 is 0 Å². The van der Waals surface area contributed by atoms with Crippen molar-refractivity contribution in [3.8, 4) is 5.75 Å². The van der Waals surface area contributed by atoms with Crippen LogP contribution in [0.4, 0.5) is 0 Å². The molecule has 24 heavy (non-hydrogen) atoms. The van der Waals surface area contributed by atoms with E-state index in [0.717, 1.165) is 24.2 Å². The summed E-state index contributed by atoms with van der Waals surface area (Å²) in [5, 5.41) is 7.57. The molecule has 0 amide bonds. The fourth-order valence-corrected chi connectivity index (χ4v) is 3.23. The summed E-state index contributed by atoms with van der Waals surface area (Å²) in [6.45, 7) is 4.96. The van der Waals surface area contributed by atoms with Gasteiger partial charge in [-0.15, -0.1) is 11.8 Å². The Morgan fingerprint density at radius 1 is 1.21 bits per heavy atom. The van der Waals surface area contributed by atoms with Gasteiger partial charge in [0.05, 0.1) is 12.4 Å². The molecule has 2 rings (SSSR count). The lowest BCUT2D eigenvalue weighted by Gasteiger charge is -2.15. The van der Waals surface area contributed by atoms with Crippen molar-refractivity contribution >= 4 is 17.6 Å². The van der Waals surface area contributed by atoms with E-state index in [4.69, 9.17) is 15.9 Å². The number of aryl methyl sites for hydroxylation is 1. The Hall–Kier alpha value is -1.94. The molecule has 2 aromatic rings. The number of ether oxygens (including phenoxy) is 1. The predicted molar refractivity (Wildman–Crippen MR) is 104 cm³/mol. The van der Waals surface area contributed by atoms with Crippen LogP contribution in [0.15, 0.2) is 41.3 Å². The molecule has 0 aromatic heterocycles. The van der Waals surface area contributed by atoms with Crippen molar-refractivity contribution in [2.24, 2.45) is 5.73 Å². The van der Waals surface area contributed by atoms with Gasteiger partial charge in [-0.05, 0) is 73.4 Å². The van der Waals surface area contributed by atoms with E-state index in [9.17, 15) is 0 Å². The number of benzene rings is 2. The maximum Gasteiger partial charge on any atom is 0.120 e. The summed E-state index contributed by atoms with van der Waals surface area (Å²) >= 11 is 1.72. The van der Waals surface area contributed by atoms with Crippen molar-refractivity contribution in [3.63, 3.8) is 0 Å². The Morgan fingerprint density at radius 3 is 2.71 bits per heavy atom. The summed E-state index contributed by atoms with van der Waals surface area (Å²) in [5.74, 6) is 1.14. The zero-order chi connectivity index (χ0) is 17.5. The summed E-state index contributed by atoms with van der Waals surface area (Å²) < 4.78 is 5.88. The van der Waals surface area contributed by atoms with Crippen molar-refractivity contribution < 1.29 is 4.74 Å². The van der Waals surface area contributed by atoms with Gasteiger partial charge in [-0.3, -0.25) is 5.41 Å². The van der Waals surface area contributed by atoms with Gasteiger partial charge in [0, 0.05) is 11.3 Å². The third kappa shape index (κ3) is 5.03. The lowest BCUT2D eigenvalue weighted by Crippen LogP contribution is -2.15. The Kier molecular flexibility index (Phi) is 6.73. The SMILES string of the molecule is CSc1cccc(OCCCc2c(CC(=N)N)ccc(C)c2C)c1. The van der Waals surface area contributed by atoms with E-state index in [0.29, 0.717) is 13.0 Å². The van der Waals surface area contributed by atoms with Crippen LogP contribution in [0, 0.1) is 19.3 Å². The minimum atomic E-state index is 0.213. The first kappa shape index (κ1) is 18.4. The highest BCUT2D eigenvalue weighted by atomic mass is 32.2. The summed E-state index contributed by atoms with van der Waals surface area (Å²) in [7, 11) is 0. The Balaban J connectivity index is 1.98. The van der Waals surface area contributed by atoms with Crippen LogP contribution in [0.3, 0.4) is 0 Å². The molecule has 3 nitrogen and oxygen atoms in total. The molecule has 0 saturated carbocycles. The number of hydrogen-bond donors (Lipinski definition) is 2. The monoisotopic (exact) mass is 342 g/mol. The molecular weight excluding hydrogens is 316 g/mol. The lowest BCUT2D eigenvalue weighted by atomic mass is 9.92. The van der Waals surface area contributed by atoms with E-state index < -0.39 is 0 Å². The topological polar surface area (TPSA) is 59.1 Å². The maximum absolute atomic E-state index is 7.57. The lowest BCUT2D eigenvalue weighted by molar-refractivity contribution is 0.310. The van der Waals surface area contributed by atoms with E-state index in [1.54, 1.807) is 11.8 Å². The fraction of sp³-hybridized carbons (Fsp3) is 0.350.